The number of carbonyl (C=O) groups excluding carboxylic acids is 1. The lowest BCUT2D eigenvalue weighted by Gasteiger charge is -2.06. The molecule has 5 heteroatoms. The predicted octanol–water partition coefficient (Wildman–Crippen LogP) is 0.385. The van der Waals surface area contributed by atoms with Crippen molar-refractivity contribution in [2.24, 2.45) is 0 Å². The summed E-state index contributed by atoms with van der Waals surface area (Å²) in [6.45, 7) is 1.60. The number of carboxylic acid groups (broad SMARTS) is 1. The predicted molar refractivity (Wildman–Crippen MR) is 33.1 cm³/mol. The van der Waals surface area contributed by atoms with Crippen molar-refractivity contribution in [3.8, 4) is 0 Å². The number of cyclic esters (lactones) is 2. The fourth-order valence-corrected chi connectivity index (χ4v) is 0.855. The Labute approximate surface area is 62.9 Å². The van der Waals surface area contributed by atoms with Gasteiger partial charge >= 0.3 is 12.1 Å². The average Bonchev–Trinajstić information content (AvgIpc) is 2.09. The summed E-state index contributed by atoms with van der Waals surface area (Å²) in [7, 11) is 0. The van der Waals surface area contributed by atoms with Gasteiger partial charge in [0.05, 0.1) is 6.42 Å². The fourth-order valence-electron chi connectivity index (χ4n) is 0.855. The molecule has 0 aromatic rings. The molecule has 0 amide bonds. The summed E-state index contributed by atoms with van der Waals surface area (Å²) in [5, 5.41) is 8.33. The van der Waals surface area contributed by atoms with Crippen LogP contribution in [0.1, 0.15) is 13.3 Å². The molecule has 2 atom stereocenters. The van der Waals surface area contributed by atoms with Gasteiger partial charge in [0, 0.05) is 0 Å². The van der Waals surface area contributed by atoms with Gasteiger partial charge in [-0.1, -0.05) is 0 Å². The number of carbonyl (C=O) groups is 2. The van der Waals surface area contributed by atoms with Crippen molar-refractivity contribution in [2.45, 2.75) is 25.6 Å². The number of carboxylic acids is 1. The van der Waals surface area contributed by atoms with Gasteiger partial charge < -0.3 is 14.6 Å². The fraction of sp³-hybridized carbons (Fsp3) is 0.667. The first-order valence-electron chi connectivity index (χ1n) is 3.18. The molecule has 1 saturated heterocycles. The van der Waals surface area contributed by atoms with Crippen molar-refractivity contribution in [1.29, 1.82) is 0 Å². The van der Waals surface area contributed by atoms with E-state index in [1.165, 1.54) is 0 Å². The maximum Gasteiger partial charge on any atom is 0.509 e. The zero-order valence-corrected chi connectivity index (χ0v) is 5.94. The van der Waals surface area contributed by atoms with E-state index in [-0.39, 0.29) is 6.42 Å². The molecule has 0 spiro atoms. The number of aliphatic carboxylic acids is 1. The third-order valence-corrected chi connectivity index (χ3v) is 1.43. The molecule has 2 unspecified atom stereocenters. The van der Waals surface area contributed by atoms with Gasteiger partial charge in [-0.2, -0.15) is 0 Å². The van der Waals surface area contributed by atoms with Gasteiger partial charge in [0.2, 0.25) is 0 Å². The van der Waals surface area contributed by atoms with Gasteiger partial charge in [-0.3, -0.25) is 4.79 Å². The number of hydrogen-bond donors (Lipinski definition) is 1. The summed E-state index contributed by atoms with van der Waals surface area (Å²) in [5.41, 5.74) is 0. The van der Waals surface area contributed by atoms with Gasteiger partial charge in [0.25, 0.3) is 0 Å². The van der Waals surface area contributed by atoms with Crippen molar-refractivity contribution in [3.05, 3.63) is 0 Å². The SMILES string of the molecule is CC1OC(=O)OC1CC(=O)O. The van der Waals surface area contributed by atoms with E-state index in [2.05, 4.69) is 9.47 Å². The highest BCUT2D eigenvalue weighted by atomic mass is 16.8. The summed E-state index contributed by atoms with van der Waals surface area (Å²) in [4.78, 5) is 20.6. The van der Waals surface area contributed by atoms with Gasteiger partial charge in [0.15, 0.2) is 6.10 Å². The van der Waals surface area contributed by atoms with Crippen molar-refractivity contribution in [2.75, 3.05) is 0 Å². The second kappa shape index (κ2) is 2.77. The zero-order valence-electron chi connectivity index (χ0n) is 5.94. The monoisotopic (exact) mass is 160 g/mol. The normalized spacial score (nSPS) is 29.4. The van der Waals surface area contributed by atoms with E-state index in [9.17, 15) is 9.59 Å². The lowest BCUT2D eigenvalue weighted by Crippen LogP contribution is -2.22. The molecule has 0 aromatic heterocycles. The van der Waals surface area contributed by atoms with E-state index < -0.39 is 24.3 Å². The first kappa shape index (κ1) is 7.84. The minimum Gasteiger partial charge on any atom is -0.481 e. The minimum absolute atomic E-state index is 0.201. The molecular weight excluding hydrogens is 152 g/mol. The summed E-state index contributed by atoms with van der Waals surface area (Å²) in [6.07, 6.45) is -2.09. The number of ether oxygens (including phenoxy) is 2. The summed E-state index contributed by atoms with van der Waals surface area (Å²) in [6, 6.07) is 0. The van der Waals surface area contributed by atoms with E-state index in [0.717, 1.165) is 0 Å². The molecule has 1 N–H and O–H groups in total. The van der Waals surface area contributed by atoms with Gasteiger partial charge in [0.1, 0.15) is 6.10 Å². The van der Waals surface area contributed by atoms with Gasteiger partial charge in [-0.15, -0.1) is 0 Å². The van der Waals surface area contributed by atoms with Crippen LogP contribution in [0.25, 0.3) is 0 Å². The van der Waals surface area contributed by atoms with Crippen LogP contribution in [-0.2, 0) is 14.3 Å². The molecule has 1 heterocycles. The molecule has 1 aliphatic rings. The lowest BCUT2D eigenvalue weighted by atomic mass is 10.2. The van der Waals surface area contributed by atoms with E-state index in [1.807, 2.05) is 0 Å². The molecule has 1 rings (SSSR count). The second-order valence-electron chi connectivity index (χ2n) is 2.33. The Bertz CT molecular complexity index is 187. The maximum atomic E-state index is 10.4. The Hall–Kier alpha value is -1.26. The van der Waals surface area contributed by atoms with Crippen LogP contribution in [-0.4, -0.2) is 29.4 Å². The average molecular weight is 160 g/mol. The van der Waals surface area contributed by atoms with E-state index >= 15 is 0 Å². The molecule has 62 valence electrons. The molecular formula is C6H8O5. The summed E-state index contributed by atoms with van der Waals surface area (Å²) < 4.78 is 9.09. The number of rotatable bonds is 2. The topological polar surface area (TPSA) is 72.8 Å². The molecule has 1 fully saturated rings. The van der Waals surface area contributed by atoms with E-state index in [0.29, 0.717) is 0 Å². The van der Waals surface area contributed by atoms with Crippen LogP contribution in [0.4, 0.5) is 4.79 Å². The van der Waals surface area contributed by atoms with Crippen LogP contribution in [0.5, 0.6) is 0 Å². The van der Waals surface area contributed by atoms with Crippen LogP contribution < -0.4 is 0 Å². The van der Waals surface area contributed by atoms with Crippen LogP contribution in [0.15, 0.2) is 0 Å². The Morgan fingerprint density at radius 1 is 1.64 bits per heavy atom. The zero-order chi connectivity index (χ0) is 8.43. The molecule has 1 aliphatic heterocycles. The second-order valence-corrected chi connectivity index (χ2v) is 2.33. The largest absolute Gasteiger partial charge is 0.509 e. The quantitative estimate of drug-likeness (QED) is 0.591. The summed E-state index contributed by atoms with van der Waals surface area (Å²) in [5.74, 6) is -1.000. The molecule has 0 bridgehead atoms. The van der Waals surface area contributed by atoms with Crippen molar-refractivity contribution in [3.63, 3.8) is 0 Å². The lowest BCUT2D eigenvalue weighted by molar-refractivity contribution is -0.139. The summed E-state index contributed by atoms with van der Waals surface area (Å²) >= 11 is 0. The molecule has 0 radical (unpaired) electrons. The third kappa shape index (κ3) is 1.83. The van der Waals surface area contributed by atoms with Crippen molar-refractivity contribution < 1.29 is 24.2 Å². The van der Waals surface area contributed by atoms with Crippen LogP contribution in [0, 0.1) is 0 Å². The van der Waals surface area contributed by atoms with Crippen molar-refractivity contribution >= 4 is 12.1 Å². The van der Waals surface area contributed by atoms with Gasteiger partial charge in [-0.25, -0.2) is 4.79 Å². The van der Waals surface area contributed by atoms with Crippen LogP contribution in [0.3, 0.4) is 0 Å². The smallest absolute Gasteiger partial charge is 0.481 e. The van der Waals surface area contributed by atoms with Crippen LogP contribution in [0.2, 0.25) is 0 Å². The highest BCUT2D eigenvalue weighted by molar-refractivity contribution is 5.69. The highest BCUT2D eigenvalue weighted by Crippen LogP contribution is 2.17. The Balaban J connectivity index is 2.46. The molecule has 0 aromatic carbocycles. The Morgan fingerprint density at radius 2 is 2.27 bits per heavy atom. The van der Waals surface area contributed by atoms with Crippen LogP contribution >= 0.6 is 0 Å². The molecule has 0 saturated carbocycles. The van der Waals surface area contributed by atoms with Gasteiger partial charge in [-0.05, 0) is 6.92 Å². The standard InChI is InChI=1S/C6H8O5/c1-3-4(2-5(7)8)11-6(9)10-3/h3-4H,2H2,1H3,(H,7,8). The minimum atomic E-state index is -1.000. The molecule has 11 heavy (non-hydrogen) atoms. The van der Waals surface area contributed by atoms with Crippen molar-refractivity contribution in [1.82, 2.24) is 0 Å². The number of hydrogen-bond acceptors (Lipinski definition) is 4. The first-order valence-corrected chi connectivity index (χ1v) is 3.18. The molecule has 5 nitrogen and oxygen atoms in total. The molecule has 0 aliphatic carbocycles. The Kier molecular flexibility index (Phi) is 1.98. The van der Waals surface area contributed by atoms with E-state index in [1.54, 1.807) is 6.92 Å². The Morgan fingerprint density at radius 3 is 2.64 bits per heavy atom. The highest BCUT2D eigenvalue weighted by Gasteiger charge is 2.34. The third-order valence-electron chi connectivity index (χ3n) is 1.43. The van der Waals surface area contributed by atoms with E-state index in [4.69, 9.17) is 5.11 Å². The first-order chi connectivity index (χ1) is 5.09. The maximum absolute atomic E-state index is 10.4.